The van der Waals surface area contributed by atoms with Gasteiger partial charge in [0, 0.05) is 31.9 Å². The molecule has 1 aromatic heterocycles. The molecule has 2 aliphatic heterocycles. The van der Waals surface area contributed by atoms with E-state index in [2.05, 4.69) is 15.1 Å². The zero-order valence-corrected chi connectivity index (χ0v) is 19.3. The van der Waals surface area contributed by atoms with Gasteiger partial charge in [0.15, 0.2) is 0 Å². The van der Waals surface area contributed by atoms with Gasteiger partial charge < -0.3 is 19.5 Å². The number of likely N-dealkylation sites (tertiary alicyclic amines) is 1. The number of aryl methyl sites for hydroxylation is 2. The Morgan fingerprint density at radius 3 is 2.67 bits per heavy atom. The number of methoxy groups -OCH3 is 1. The highest BCUT2D eigenvalue weighted by atomic mass is 16.5. The number of hydrogen-bond donors (Lipinski definition) is 2. The Bertz CT molecular complexity index is 1050. The fraction of sp³-hybridized carbons (Fsp3) is 0.458. The lowest BCUT2D eigenvalue weighted by molar-refractivity contribution is -0.140. The SMILES string of the molecule is COc1cccc([C@@H]2C(=C(O)c3c(C)n[nH]c3C)C(=O)C(=O)N2CCCN2CCOCC2)c1. The van der Waals surface area contributed by atoms with Gasteiger partial charge in [-0.15, -0.1) is 0 Å². The summed E-state index contributed by atoms with van der Waals surface area (Å²) in [5, 5.41) is 18.2. The summed E-state index contributed by atoms with van der Waals surface area (Å²) in [6.07, 6.45) is 0.706. The van der Waals surface area contributed by atoms with Crippen molar-refractivity contribution < 1.29 is 24.2 Å². The van der Waals surface area contributed by atoms with E-state index >= 15 is 0 Å². The summed E-state index contributed by atoms with van der Waals surface area (Å²) in [6, 6.07) is 6.55. The maximum atomic E-state index is 13.2. The van der Waals surface area contributed by atoms with Crippen molar-refractivity contribution >= 4 is 17.4 Å². The van der Waals surface area contributed by atoms with Gasteiger partial charge in [0.25, 0.3) is 11.7 Å². The van der Waals surface area contributed by atoms with Crippen LogP contribution in [0, 0.1) is 13.8 Å². The maximum absolute atomic E-state index is 13.2. The molecule has 9 nitrogen and oxygen atoms in total. The van der Waals surface area contributed by atoms with Crippen molar-refractivity contribution in [3.05, 3.63) is 52.4 Å². The van der Waals surface area contributed by atoms with Crippen molar-refractivity contribution in [1.29, 1.82) is 0 Å². The summed E-state index contributed by atoms with van der Waals surface area (Å²) in [4.78, 5) is 30.2. The molecule has 2 aromatic rings. The molecule has 1 atom stereocenters. The number of aromatic nitrogens is 2. The number of ketones is 1. The summed E-state index contributed by atoms with van der Waals surface area (Å²) in [5.74, 6) is -0.889. The molecular weight excluding hydrogens is 424 g/mol. The first-order chi connectivity index (χ1) is 15.9. The monoisotopic (exact) mass is 454 g/mol. The Morgan fingerprint density at radius 2 is 2.00 bits per heavy atom. The van der Waals surface area contributed by atoms with Crippen LogP contribution in [0.1, 0.15) is 35.0 Å². The van der Waals surface area contributed by atoms with Gasteiger partial charge in [-0.05, 0) is 38.0 Å². The third-order valence-electron chi connectivity index (χ3n) is 6.29. The van der Waals surface area contributed by atoms with Crippen LogP contribution < -0.4 is 4.74 Å². The van der Waals surface area contributed by atoms with Crippen LogP contribution in [0.15, 0.2) is 29.8 Å². The zero-order valence-electron chi connectivity index (χ0n) is 19.3. The number of aromatic amines is 1. The predicted octanol–water partition coefficient (Wildman–Crippen LogP) is 2.18. The van der Waals surface area contributed by atoms with E-state index in [1.165, 1.54) is 0 Å². The van der Waals surface area contributed by atoms with Gasteiger partial charge in [0.05, 0.1) is 43.2 Å². The third kappa shape index (κ3) is 4.51. The molecule has 3 heterocycles. The summed E-state index contributed by atoms with van der Waals surface area (Å²) in [6.45, 7) is 7.84. The van der Waals surface area contributed by atoms with Gasteiger partial charge in [-0.3, -0.25) is 19.6 Å². The second-order valence-electron chi connectivity index (χ2n) is 8.39. The number of carbonyl (C=O) groups is 2. The molecule has 33 heavy (non-hydrogen) atoms. The molecule has 0 spiro atoms. The highest BCUT2D eigenvalue weighted by Gasteiger charge is 2.46. The fourth-order valence-electron chi connectivity index (χ4n) is 4.59. The summed E-state index contributed by atoms with van der Waals surface area (Å²) in [7, 11) is 1.57. The van der Waals surface area contributed by atoms with Crippen LogP contribution in [-0.4, -0.2) is 83.3 Å². The lowest BCUT2D eigenvalue weighted by atomic mass is 9.94. The molecule has 2 N–H and O–H groups in total. The number of carbonyl (C=O) groups excluding carboxylic acids is 2. The van der Waals surface area contributed by atoms with Crippen molar-refractivity contribution in [3.63, 3.8) is 0 Å². The van der Waals surface area contributed by atoms with Crippen LogP contribution in [-0.2, 0) is 14.3 Å². The minimum Gasteiger partial charge on any atom is -0.507 e. The second-order valence-corrected chi connectivity index (χ2v) is 8.39. The smallest absolute Gasteiger partial charge is 0.295 e. The maximum Gasteiger partial charge on any atom is 0.295 e. The molecule has 176 valence electrons. The average Bonchev–Trinajstić information content (AvgIpc) is 3.30. The Kier molecular flexibility index (Phi) is 6.80. The second kappa shape index (κ2) is 9.76. The van der Waals surface area contributed by atoms with Crippen molar-refractivity contribution in [2.24, 2.45) is 0 Å². The molecular formula is C24H30N4O5. The lowest BCUT2D eigenvalue weighted by Crippen LogP contribution is -2.38. The summed E-state index contributed by atoms with van der Waals surface area (Å²) in [5.41, 5.74) is 2.43. The first-order valence-corrected chi connectivity index (χ1v) is 11.2. The van der Waals surface area contributed by atoms with Gasteiger partial charge in [-0.2, -0.15) is 5.10 Å². The number of aliphatic hydroxyl groups is 1. The molecule has 0 bridgehead atoms. The van der Waals surface area contributed by atoms with Crippen molar-refractivity contribution in [2.45, 2.75) is 26.3 Å². The highest BCUT2D eigenvalue weighted by molar-refractivity contribution is 6.46. The first-order valence-electron chi connectivity index (χ1n) is 11.2. The number of rotatable bonds is 7. The van der Waals surface area contributed by atoms with Crippen molar-refractivity contribution in [3.8, 4) is 5.75 Å². The third-order valence-corrected chi connectivity index (χ3v) is 6.29. The van der Waals surface area contributed by atoms with E-state index in [0.717, 1.165) is 19.6 Å². The van der Waals surface area contributed by atoms with Crippen LogP contribution in [0.4, 0.5) is 0 Å². The number of aliphatic hydroxyl groups excluding tert-OH is 1. The summed E-state index contributed by atoms with van der Waals surface area (Å²) >= 11 is 0. The van der Waals surface area contributed by atoms with Gasteiger partial charge >= 0.3 is 0 Å². The Balaban J connectivity index is 1.71. The number of morpholine rings is 1. The predicted molar refractivity (Wildman–Crippen MR) is 122 cm³/mol. The van der Waals surface area contributed by atoms with Crippen molar-refractivity contribution in [1.82, 2.24) is 20.0 Å². The van der Waals surface area contributed by atoms with E-state index in [4.69, 9.17) is 9.47 Å². The van der Waals surface area contributed by atoms with Crippen molar-refractivity contribution in [2.75, 3.05) is 46.5 Å². The highest BCUT2D eigenvalue weighted by Crippen LogP contribution is 2.41. The minimum atomic E-state index is -0.710. The van der Waals surface area contributed by atoms with Crippen LogP contribution in [0.25, 0.3) is 5.76 Å². The number of benzene rings is 1. The molecule has 2 aliphatic rings. The number of Topliss-reactive ketones (excluding diaryl/α,β-unsaturated/α-hetero) is 1. The van der Waals surface area contributed by atoms with Gasteiger partial charge in [-0.1, -0.05) is 12.1 Å². The first kappa shape index (κ1) is 23.0. The van der Waals surface area contributed by atoms with Crippen LogP contribution in [0.2, 0.25) is 0 Å². The van der Waals surface area contributed by atoms with E-state index in [-0.39, 0.29) is 11.3 Å². The number of ether oxygens (including phenoxy) is 2. The van der Waals surface area contributed by atoms with E-state index in [1.54, 1.807) is 38.0 Å². The van der Waals surface area contributed by atoms with Crippen LogP contribution >= 0.6 is 0 Å². The molecule has 0 radical (unpaired) electrons. The molecule has 1 amide bonds. The molecule has 0 unspecified atom stereocenters. The molecule has 0 saturated carbocycles. The van der Waals surface area contributed by atoms with E-state index < -0.39 is 17.7 Å². The Morgan fingerprint density at radius 1 is 1.24 bits per heavy atom. The van der Waals surface area contributed by atoms with Gasteiger partial charge in [0.1, 0.15) is 11.5 Å². The minimum absolute atomic E-state index is 0.0761. The van der Waals surface area contributed by atoms with E-state index in [9.17, 15) is 14.7 Å². The number of amides is 1. The summed E-state index contributed by atoms with van der Waals surface area (Å²) < 4.78 is 10.8. The number of nitrogens with one attached hydrogen (secondary N) is 1. The molecule has 1 aromatic carbocycles. The van der Waals surface area contributed by atoms with Crippen LogP contribution in [0.5, 0.6) is 5.75 Å². The number of nitrogens with zero attached hydrogens (tertiary/aromatic N) is 3. The Labute approximate surface area is 193 Å². The quantitative estimate of drug-likeness (QED) is 0.375. The van der Waals surface area contributed by atoms with Gasteiger partial charge in [-0.25, -0.2) is 0 Å². The molecule has 4 rings (SSSR count). The molecule has 0 aliphatic carbocycles. The standard InChI is InChI=1S/C24H30N4O5/c1-15-19(16(2)26-25-15)22(29)20-21(17-6-4-7-18(14-17)32-3)28(24(31)23(20)30)9-5-8-27-10-12-33-13-11-27/h4,6-7,14,21,29H,5,8-13H2,1-3H3,(H,25,26)/t21-/m1/s1. The van der Waals surface area contributed by atoms with Gasteiger partial charge in [0.2, 0.25) is 0 Å². The largest absolute Gasteiger partial charge is 0.507 e. The normalized spacial score (nSPS) is 21.1. The average molecular weight is 455 g/mol. The molecule has 9 heteroatoms. The number of H-pyrrole nitrogens is 1. The van der Waals surface area contributed by atoms with E-state index in [1.807, 2.05) is 12.1 Å². The lowest BCUT2D eigenvalue weighted by Gasteiger charge is -2.29. The Hall–Kier alpha value is -3.17. The zero-order chi connectivity index (χ0) is 23.5. The van der Waals surface area contributed by atoms with E-state index in [0.29, 0.717) is 54.4 Å². The topological polar surface area (TPSA) is 108 Å². The molecule has 2 fully saturated rings. The fourth-order valence-corrected chi connectivity index (χ4v) is 4.59. The molecule has 2 saturated heterocycles. The number of hydrogen-bond acceptors (Lipinski definition) is 7. The van der Waals surface area contributed by atoms with Crippen LogP contribution in [0.3, 0.4) is 0 Å².